The molecule has 2 rings (SSSR count). The van der Waals surface area contributed by atoms with E-state index in [4.69, 9.17) is 16.0 Å². The van der Waals surface area contributed by atoms with Crippen LogP contribution in [0.5, 0.6) is 0 Å². The van der Waals surface area contributed by atoms with Crippen LogP contribution in [-0.4, -0.2) is 26.0 Å². The van der Waals surface area contributed by atoms with Gasteiger partial charge in [-0.1, -0.05) is 29.8 Å². The third kappa shape index (κ3) is 4.09. The predicted octanol–water partition coefficient (Wildman–Crippen LogP) is 2.15. The molecule has 0 amide bonds. The minimum absolute atomic E-state index is 0.0469. The van der Waals surface area contributed by atoms with Gasteiger partial charge in [0.1, 0.15) is 11.2 Å². The highest BCUT2D eigenvalue weighted by Gasteiger charge is 2.23. The number of aliphatic carboxylic acids is 1. The zero-order valence-electron chi connectivity index (χ0n) is 11.4. The number of carbonyl (C=O) groups is 1. The highest BCUT2D eigenvalue weighted by atomic mass is 35.5. The van der Waals surface area contributed by atoms with Crippen molar-refractivity contribution >= 4 is 27.6 Å². The lowest BCUT2D eigenvalue weighted by atomic mass is 10.00. The van der Waals surface area contributed by atoms with Gasteiger partial charge in [0.15, 0.2) is 0 Å². The number of furan rings is 1. The van der Waals surface area contributed by atoms with Gasteiger partial charge in [0, 0.05) is 11.6 Å². The van der Waals surface area contributed by atoms with Crippen molar-refractivity contribution in [1.29, 1.82) is 0 Å². The van der Waals surface area contributed by atoms with E-state index in [2.05, 4.69) is 4.72 Å². The SMILES string of the molecule is O=C(O)C(CNS(=O)(=O)c1ccoc1)Cc1ccccc1Cl. The Morgan fingerprint density at radius 2 is 2.05 bits per heavy atom. The van der Waals surface area contributed by atoms with Gasteiger partial charge in [-0.15, -0.1) is 0 Å². The Morgan fingerprint density at radius 1 is 1.32 bits per heavy atom. The summed E-state index contributed by atoms with van der Waals surface area (Å²) >= 11 is 6.00. The van der Waals surface area contributed by atoms with Crippen molar-refractivity contribution in [1.82, 2.24) is 4.72 Å². The van der Waals surface area contributed by atoms with Crippen LogP contribution in [0.2, 0.25) is 5.02 Å². The molecule has 0 aliphatic carbocycles. The van der Waals surface area contributed by atoms with E-state index >= 15 is 0 Å². The second-order valence-corrected chi connectivity index (χ2v) is 6.82. The molecule has 1 atom stereocenters. The summed E-state index contributed by atoms with van der Waals surface area (Å²) in [5.74, 6) is -2.03. The van der Waals surface area contributed by atoms with Crippen molar-refractivity contribution in [3.05, 3.63) is 53.4 Å². The summed E-state index contributed by atoms with van der Waals surface area (Å²) in [6.07, 6.45) is 2.43. The largest absolute Gasteiger partial charge is 0.481 e. The van der Waals surface area contributed by atoms with Crippen molar-refractivity contribution in [3.63, 3.8) is 0 Å². The van der Waals surface area contributed by atoms with E-state index in [1.807, 2.05) is 0 Å². The molecular weight excluding hydrogens is 330 g/mol. The summed E-state index contributed by atoms with van der Waals surface area (Å²) in [5.41, 5.74) is 0.652. The molecule has 0 saturated heterocycles. The van der Waals surface area contributed by atoms with Crippen LogP contribution in [0.1, 0.15) is 5.56 Å². The topological polar surface area (TPSA) is 96.6 Å². The van der Waals surface area contributed by atoms with E-state index in [1.165, 1.54) is 12.3 Å². The van der Waals surface area contributed by atoms with Gasteiger partial charge in [0.2, 0.25) is 10.0 Å². The van der Waals surface area contributed by atoms with Gasteiger partial charge in [0.25, 0.3) is 0 Å². The van der Waals surface area contributed by atoms with Crippen molar-refractivity contribution in [3.8, 4) is 0 Å². The van der Waals surface area contributed by atoms with Gasteiger partial charge in [0.05, 0.1) is 12.2 Å². The zero-order chi connectivity index (χ0) is 16.2. The number of sulfonamides is 1. The fraction of sp³-hybridized carbons (Fsp3) is 0.214. The van der Waals surface area contributed by atoms with E-state index in [-0.39, 0.29) is 17.9 Å². The third-order valence-electron chi connectivity index (χ3n) is 3.10. The van der Waals surface area contributed by atoms with Gasteiger partial charge < -0.3 is 9.52 Å². The molecule has 1 aromatic carbocycles. The average Bonchev–Trinajstić information content (AvgIpc) is 3.00. The normalized spacial score (nSPS) is 13.0. The predicted molar refractivity (Wildman–Crippen MR) is 80.2 cm³/mol. The maximum atomic E-state index is 11.9. The third-order valence-corrected chi connectivity index (χ3v) is 4.87. The summed E-state index contributed by atoms with van der Waals surface area (Å²) < 4.78 is 30.9. The Morgan fingerprint density at radius 3 is 2.64 bits per heavy atom. The molecule has 0 spiro atoms. The lowest BCUT2D eigenvalue weighted by Crippen LogP contribution is -2.34. The van der Waals surface area contributed by atoms with Crippen LogP contribution in [0, 0.1) is 5.92 Å². The molecule has 1 aromatic heterocycles. The molecule has 118 valence electrons. The van der Waals surface area contributed by atoms with Gasteiger partial charge in [-0.2, -0.15) is 0 Å². The molecule has 0 fully saturated rings. The molecule has 6 nitrogen and oxygen atoms in total. The van der Waals surface area contributed by atoms with E-state index < -0.39 is 21.9 Å². The number of halogens is 1. The van der Waals surface area contributed by atoms with Crippen LogP contribution < -0.4 is 4.72 Å². The fourth-order valence-electron chi connectivity index (χ4n) is 1.87. The smallest absolute Gasteiger partial charge is 0.308 e. The Bertz CT molecular complexity index is 742. The van der Waals surface area contributed by atoms with Crippen LogP contribution >= 0.6 is 11.6 Å². The first-order valence-corrected chi connectivity index (χ1v) is 8.24. The lowest BCUT2D eigenvalue weighted by Gasteiger charge is -2.14. The van der Waals surface area contributed by atoms with Crippen LogP contribution in [0.15, 0.2) is 52.2 Å². The molecule has 1 heterocycles. The Balaban J connectivity index is 2.07. The monoisotopic (exact) mass is 343 g/mol. The highest BCUT2D eigenvalue weighted by molar-refractivity contribution is 7.89. The first kappa shape index (κ1) is 16.5. The standard InChI is InChI=1S/C14H14ClNO5S/c15-13-4-2-1-3-10(13)7-11(14(17)18)8-16-22(19,20)12-5-6-21-9-12/h1-6,9,11,16H,7-8H2,(H,17,18). The molecule has 0 saturated carbocycles. The first-order valence-electron chi connectivity index (χ1n) is 6.38. The second kappa shape index (κ2) is 6.95. The lowest BCUT2D eigenvalue weighted by molar-refractivity contribution is -0.141. The first-order chi connectivity index (χ1) is 10.4. The molecule has 0 bridgehead atoms. The highest BCUT2D eigenvalue weighted by Crippen LogP contribution is 2.19. The van der Waals surface area contributed by atoms with Crippen LogP contribution in [0.4, 0.5) is 0 Å². The van der Waals surface area contributed by atoms with Crippen molar-refractivity contribution in [2.75, 3.05) is 6.54 Å². The zero-order valence-corrected chi connectivity index (χ0v) is 13.0. The molecule has 1 unspecified atom stereocenters. The molecular formula is C14H14ClNO5S. The minimum Gasteiger partial charge on any atom is -0.481 e. The van der Waals surface area contributed by atoms with Crippen molar-refractivity contribution in [2.24, 2.45) is 5.92 Å². The molecule has 8 heteroatoms. The fourth-order valence-corrected chi connectivity index (χ4v) is 3.09. The quantitative estimate of drug-likeness (QED) is 0.803. The summed E-state index contributed by atoms with van der Waals surface area (Å²) in [6.45, 7) is -0.242. The van der Waals surface area contributed by atoms with Crippen LogP contribution in [-0.2, 0) is 21.2 Å². The number of hydrogen-bond acceptors (Lipinski definition) is 4. The van der Waals surface area contributed by atoms with Gasteiger partial charge in [-0.25, -0.2) is 13.1 Å². The molecule has 2 N–H and O–H groups in total. The van der Waals surface area contributed by atoms with Gasteiger partial charge in [-0.05, 0) is 24.1 Å². The van der Waals surface area contributed by atoms with E-state index in [0.29, 0.717) is 10.6 Å². The van der Waals surface area contributed by atoms with Crippen molar-refractivity contribution in [2.45, 2.75) is 11.3 Å². The summed E-state index contributed by atoms with van der Waals surface area (Å²) in [6, 6.07) is 8.14. The Labute approximate surface area is 132 Å². The van der Waals surface area contributed by atoms with Gasteiger partial charge in [-0.3, -0.25) is 4.79 Å². The Hall–Kier alpha value is -1.83. The molecule has 0 aliphatic rings. The summed E-state index contributed by atoms with van der Waals surface area (Å²) in [7, 11) is -3.79. The van der Waals surface area contributed by atoms with Crippen molar-refractivity contribution < 1.29 is 22.7 Å². The average molecular weight is 344 g/mol. The molecule has 2 aromatic rings. The van der Waals surface area contributed by atoms with E-state index in [9.17, 15) is 18.3 Å². The Kier molecular flexibility index (Phi) is 5.23. The number of benzene rings is 1. The maximum Gasteiger partial charge on any atom is 0.308 e. The molecule has 0 aliphatic heterocycles. The van der Waals surface area contributed by atoms with Gasteiger partial charge >= 0.3 is 5.97 Å². The molecule has 0 radical (unpaired) electrons. The second-order valence-electron chi connectivity index (χ2n) is 4.64. The number of carboxylic acid groups (broad SMARTS) is 1. The van der Waals surface area contributed by atoms with Crippen LogP contribution in [0.3, 0.4) is 0 Å². The van der Waals surface area contributed by atoms with E-state index in [0.717, 1.165) is 6.26 Å². The van der Waals surface area contributed by atoms with Crippen LogP contribution in [0.25, 0.3) is 0 Å². The number of hydrogen-bond donors (Lipinski definition) is 2. The van der Waals surface area contributed by atoms with E-state index in [1.54, 1.807) is 24.3 Å². The number of nitrogens with one attached hydrogen (secondary N) is 1. The summed E-state index contributed by atoms with van der Waals surface area (Å²) in [4.78, 5) is 11.3. The minimum atomic E-state index is -3.79. The summed E-state index contributed by atoms with van der Waals surface area (Å²) in [5, 5.41) is 9.71. The number of rotatable bonds is 7. The number of carboxylic acids is 1. The molecule has 22 heavy (non-hydrogen) atoms. The maximum absolute atomic E-state index is 11.9.